The molecule has 2 atom stereocenters. The monoisotopic (exact) mass is 358 g/mol. The number of nitrogens with one attached hydrogen (secondary N) is 2. The molecule has 26 heavy (non-hydrogen) atoms. The fourth-order valence-corrected chi connectivity index (χ4v) is 3.99. The van der Waals surface area contributed by atoms with Crippen molar-refractivity contribution in [2.45, 2.75) is 56.3 Å². The molecule has 0 bridgehead atoms. The molecule has 140 valence electrons. The van der Waals surface area contributed by atoms with Crippen LogP contribution in [0.25, 0.3) is 0 Å². The van der Waals surface area contributed by atoms with Gasteiger partial charge in [-0.3, -0.25) is 14.6 Å². The number of amides is 2. The smallest absolute Gasteiger partial charge is 0.252 e. The topological polar surface area (TPSA) is 83.6 Å². The minimum Gasteiger partial charge on any atom is -0.356 e. The number of rotatable bonds is 4. The Kier molecular flexibility index (Phi) is 4.67. The van der Waals surface area contributed by atoms with Crippen LogP contribution in [0.15, 0.2) is 24.5 Å². The van der Waals surface area contributed by atoms with Crippen LogP contribution in [0.2, 0.25) is 0 Å². The maximum atomic E-state index is 13.1. The quantitative estimate of drug-likeness (QED) is 0.831. The lowest BCUT2D eigenvalue weighted by Crippen LogP contribution is -2.60. The van der Waals surface area contributed by atoms with Crippen molar-refractivity contribution >= 4 is 11.8 Å². The average molecular weight is 358 g/mol. The van der Waals surface area contributed by atoms with Gasteiger partial charge in [0.1, 0.15) is 6.61 Å². The molecule has 1 aromatic heterocycles. The minimum absolute atomic E-state index is 0.0381. The first-order chi connectivity index (χ1) is 12.6. The number of pyridine rings is 1. The van der Waals surface area contributed by atoms with E-state index in [4.69, 9.17) is 4.74 Å². The summed E-state index contributed by atoms with van der Waals surface area (Å²) >= 11 is 0. The van der Waals surface area contributed by atoms with Gasteiger partial charge >= 0.3 is 0 Å². The Morgan fingerprint density at radius 1 is 1.38 bits per heavy atom. The zero-order valence-electron chi connectivity index (χ0n) is 15.1. The van der Waals surface area contributed by atoms with Crippen LogP contribution in [0.3, 0.4) is 0 Å². The third-order valence-electron chi connectivity index (χ3n) is 5.62. The summed E-state index contributed by atoms with van der Waals surface area (Å²) in [5, 5.41) is 6.52. The van der Waals surface area contributed by atoms with Gasteiger partial charge in [0, 0.05) is 24.0 Å². The van der Waals surface area contributed by atoms with E-state index in [2.05, 4.69) is 22.5 Å². The summed E-state index contributed by atoms with van der Waals surface area (Å²) < 4.78 is 5.77. The molecule has 3 heterocycles. The Morgan fingerprint density at radius 2 is 2.15 bits per heavy atom. The molecule has 2 amide bonds. The van der Waals surface area contributed by atoms with Gasteiger partial charge in [-0.05, 0) is 57.3 Å². The van der Waals surface area contributed by atoms with Gasteiger partial charge in [-0.1, -0.05) is 6.07 Å². The van der Waals surface area contributed by atoms with Crippen LogP contribution in [0.5, 0.6) is 0 Å². The van der Waals surface area contributed by atoms with E-state index in [0.29, 0.717) is 0 Å². The summed E-state index contributed by atoms with van der Waals surface area (Å²) in [6.45, 7) is 3.82. The lowest BCUT2D eigenvalue weighted by atomic mass is 9.89. The highest BCUT2D eigenvalue weighted by molar-refractivity contribution is 5.87. The third kappa shape index (κ3) is 3.46. The standard InChI is InChI=1S/C19H26N4O3/c1-19(6-9-20-10-7-19)22-18(25)17-16(13-3-2-8-21-11-13)23(14-4-5-14)15(24)12-26-17/h2-3,8,11,14,16-17,20H,4-7,9-10,12H2,1H3,(H,22,25)/t16-,17+/m1/s1. The average Bonchev–Trinajstić information content (AvgIpc) is 3.47. The SMILES string of the molecule is CC1(NC(=O)[C@H]2OCC(=O)N(C3CC3)[C@@H]2c2cccnc2)CCNCC1. The molecule has 3 fully saturated rings. The number of aromatic nitrogens is 1. The number of ether oxygens (including phenoxy) is 1. The predicted octanol–water partition coefficient (Wildman–Crippen LogP) is 0.771. The summed E-state index contributed by atoms with van der Waals surface area (Å²) in [6.07, 6.45) is 6.46. The second kappa shape index (κ2) is 6.96. The number of carbonyl (C=O) groups excluding carboxylic acids is 2. The van der Waals surface area contributed by atoms with Gasteiger partial charge in [-0.2, -0.15) is 0 Å². The van der Waals surface area contributed by atoms with Crippen molar-refractivity contribution in [3.8, 4) is 0 Å². The van der Waals surface area contributed by atoms with Crippen molar-refractivity contribution in [1.29, 1.82) is 0 Å². The van der Waals surface area contributed by atoms with Crippen molar-refractivity contribution in [1.82, 2.24) is 20.5 Å². The van der Waals surface area contributed by atoms with Gasteiger partial charge in [-0.25, -0.2) is 0 Å². The highest BCUT2D eigenvalue weighted by Gasteiger charge is 2.48. The lowest BCUT2D eigenvalue weighted by molar-refractivity contribution is -0.166. The normalized spacial score (nSPS) is 28.7. The van der Waals surface area contributed by atoms with Crippen LogP contribution in [0, 0.1) is 0 Å². The highest BCUT2D eigenvalue weighted by Crippen LogP contribution is 2.39. The number of hydrogen-bond donors (Lipinski definition) is 2. The molecule has 1 aromatic rings. The molecule has 3 aliphatic rings. The van der Waals surface area contributed by atoms with Gasteiger partial charge in [0.15, 0.2) is 6.10 Å². The molecule has 2 N–H and O–H groups in total. The summed E-state index contributed by atoms with van der Waals surface area (Å²) in [5.41, 5.74) is 0.611. The van der Waals surface area contributed by atoms with Crippen LogP contribution in [0.4, 0.5) is 0 Å². The maximum absolute atomic E-state index is 13.1. The number of hydrogen-bond acceptors (Lipinski definition) is 5. The van der Waals surface area contributed by atoms with E-state index in [9.17, 15) is 9.59 Å². The molecular weight excluding hydrogens is 332 g/mol. The first kappa shape index (κ1) is 17.4. The van der Waals surface area contributed by atoms with Crippen LogP contribution in [-0.2, 0) is 14.3 Å². The Bertz CT molecular complexity index is 671. The second-order valence-electron chi connectivity index (χ2n) is 7.79. The first-order valence-electron chi connectivity index (χ1n) is 9.43. The maximum Gasteiger partial charge on any atom is 0.252 e. The van der Waals surface area contributed by atoms with E-state index in [1.807, 2.05) is 17.0 Å². The van der Waals surface area contributed by atoms with Gasteiger partial charge in [0.05, 0.1) is 6.04 Å². The Balaban J connectivity index is 1.60. The second-order valence-corrected chi connectivity index (χ2v) is 7.79. The van der Waals surface area contributed by atoms with Gasteiger partial charge in [0.2, 0.25) is 5.91 Å². The molecule has 1 saturated carbocycles. The van der Waals surface area contributed by atoms with E-state index < -0.39 is 12.1 Å². The van der Waals surface area contributed by atoms with Crippen LogP contribution in [-0.4, -0.2) is 59.1 Å². The third-order valence-corrected chi connectivity index (χ3v) is 5.62. The Morgan fingerprint density at radius 3 is 2.81 bits per heavy atom. The lowest BCUT2D eigenvalue weighted by Gasteiger charge is -2.42. The van der Waals surface area contributed by atoms with Gasteiger partial charge < -0.3 is 20.3 Å². The van der Waals surface area contributed by atoms with Crippen molar-refractivity contribution in [3.05, 3.63) is 30.1 Å². The first-order valence-corrected chi connectivity index (χ1v) is 9.43. The van der Waals surface area contributed by atoms with Crippen molar-refractivity contribution in [2.75, 3.05) is 19.7 Å². The Labute approximate surface area is 153 Å². The zero-order chi connectivity index (χ0) is 18.1. The number of nitrogens with zero attached hydrogens (tertiary/aromatic N) is 2. The molecule has 0 radical (unpaired) electrons. The molecule has 2 aliphatic heterocycles. The molecule has 2 saturated heterocycles. The van der Waals surface area contributed by atoms with Crippen molar-refractivity contribution < 1.29 is 14.3 Å². The Hall–Kier alpha value is -1.99. The molecule has 0 spiro atoms. The largest absolute Gasteiger partial charge is 0.356 e. The van der Waals surface area contributed by atoms with Gasteiger partial charge in [0.25, 0.3) is 5.91 Å². The minimum atomic E-state index is -0.704. The summed E-state index contributed by atoms with van der Waals surface area (Å²) in [4.78, 5) is 31.7. The molecule has 7 heteroatoms. The molecule has 0 aromatic carbocycles. The summed E-state index contributed by atoms with van der Waals surface area (Å²) in [5.74, 6) is -0.181. The molecular formula is C19H26N4O3. The van der Waals surface area contributed by atoms with E-state index in [-0.39, 0.29) is 30.0 Å². The van der Waals surface area contributed by atoms with Crippen molar-refractivity contribution in [3.63, 3.8) is 0 Å². The molecule has 4 rings (SSSR count). The van der Waals surface area contributed by atoms with Crippen molar-refractivity contribution in [2.24, 2.45) is 0 Å². The zero-order valence-corrected chi connectivity index (χ0v) is 15.1. The van der Waals surface area contributed by atoms with E-state index in [1.54, 1.807) is 12.4 Å². The van der Waals surface area contributed by atoms with Crippen LogP contribution >= 0.6 is 0 Å². The fraction of sp³-hybridized carbons (Fsp3) is 0.632. The molecule has 1 aliphatic carbocycles. The summed E-state index contributed by atoms with van der Waals surface area (Å²) in [7, 11) is 0. The van der Waals surface area contributed by atoms with E-state index >= 15 is 0 Å². The number of carbonyl (C=O) groups is 2. The number of morpholine rings is 1. The summed E-state index contributed by atoms with van der Waals surface area (Å²) in [6, 6.07) is 3.55. The van der Waals surface area contributed by atoms with E-state index in [0.717, 1.165) is 44.3 Å². The van der Waals surface area contributed by atoms with E-state index in [1.165, 1.54) is 0 Å². The fourth-order valence-electron chi connectivity index (χ4n) is 3.99. The molecule has 7 nitrogen and oxygen atoms in total. The van der Waals surface area contributed by atoms with Crippen LogP contribution in [0.1, 0.15) is 44.2 Å². The number of piperidine rings is 1. The van der Waals surface area contributed by atoms with Crippen LogP contribution < -0.4 is 10.6 Å². The predicted molar refractivity (Wildman–Crippen MR) is 95.2 cm³/mol. The highest BCUT2D eigenvalue weighted by atomic mass is 16.5. The molecule has 0 unspecified atom stereocenters. The van der Waals surface area contributed by atoms with Gasteiger partial charge in [-0.15, -0.1) is 0 Å².